The van der Waals surface area contributed by atoms with Crippen molar-refractivity contribution in [1.82, 2.24) is 24.4 Å². The van der Waals surface area contributed by atoms with Crippen molar-refractivity contribution >= 4 is 34.7 Å². The Kier molecular flexibility index (Phi) is 7.92. The summed E-state index contributed by atoms with van der Waals surface area (Å²) < 4.78 is 7.93. The molecule has 3 aromatic heterocycles. The van der Waals surface area contributed by atoms with Crippen LogP contribution in [0.4, 0.5) is 10.7 Å². The Morgan fingerprint density at radius 2 is 1.88 bits per heavy atom. The maximum Gasteiger partial charge on any atom is 0.410 e. The molecule has 1 atom stereocenters. The van der Waals surface area contributed by atoms with Crippen LogP contribution in [0.25, 0.3) is 22.3 Å². The first-order valence-corrected chi connectivity index (χ1v) is 14.6. The lowest BCUT2D eigenvalue weighted by Crippen LogP contribution is -2.55. The van der Waals surface area contributed by atoms with Gasteiger partial charge < -0.3 is 19.1 Å². The number of carbonyl (C=O) groups is 1. The molecule has 0 radical (unpaired) electrons. The highest BCUT2D eigenvalue weighted by Crippen LogP contribution is 2.37. The predicted octanol–water partition coefficient (Wildman–Crippen LogP) is 6.29. The molecule has 9 nitrogen and oxygen atoms in total. The van der Waals surface area contributed by atoms with Crippen LogP contribution in [0, 0.1) is 23.2 Å². The number of fused-ring (bicyclic) bond motifs is 1. The van der Waals surface area contributed by atoms with Gasteiger partial charge in [0, 0.05) is 56.2 Å². The van der Waals surface area contributed by atoms with Crippen LogP contribution in [0.2, 0.25) is 5.02 Å². The van der Waals surface area contributed by atoms with Crippen LogP contribution >= 0.6 is 11.6 Å². The van der Waals surface area contributed by atoms with Crippen molar-refractivity contribution in [2.45, 2.75) is 78.5 Å². The second-order valence-corrected chi connectivity index (χ2v) is 12.8. The fourth-order valence-electron chi connectivity index (χ4n) is 5.85. The lowest BCUT2D eigenvalue weighted by atomic mass is 9.83. The topological polar surface area (TPSA) is 100 Å². The minimum Gasteiger partial charge on any atom is -0.444 e. The molecule has 5 rings (SSSR count). The number of ether oxygens (including phenoxy) is 1. The number of nitrogens with zero attached hydrogens (tertiary/aromatic N) is 7. The number of nitriles is 1. The SMILES string of the molecule is C[C@@H]1CN(C(=O)OC(C)(C)C)CCN1c1nc2cc(C#N)nc(-c3cncc(Cl)c3)c2n1C[C@H]1CC[C@H](C)CC1. The third kappa shape index (κ3) is 6.02. The highest BCUT2D eigenvalue weighted by Gasteiger charge is 2.33. The van der Waals surface area contributed by atoms with Crippen LogP contribution in [0.1, 0.15) is 66.0 Å². The lowest BCUT2D eigenvalue weighted by molar-refractivity contribution is 0.0217. The third-order valence-corrected chi connectivity index (χ3v) is 8.12. The summed E-state index contributed by atoms with van der Waals surface area (Å²) in [7, 11) is 0. The molecule has 1 aliphatic heterocycles. The molecule has 212 valence electrons. The molecular weight excluding hydrogens is 526 g/mol. The second kappa shape index (κ2) is 11.2. The fraction of sp³-hybridized carbons (Fsp3) is 0.567. The lowest BCUT2D eigenvalue weighted by Gasteiger charge is -2.41. The molecule has 0 spiro atoms. The smallest absolute Gasteiger partial charge is 0.410 e. The normalized spacial score (nSPS) is 21.9. The van der Waals surface area contributed by atoms with Crippen molar-refractivity contribution in [3.8, 4) is 17.3 Å². The van der Waals surface area contributed by atoms with Gasteiger partial charge in [0.15, 0.2) is 0 Å². The van der Waals surface area contributed by atoms with E-state index < -0.39 is 5.60 Å². The Labute approximate surface area is 241 Å². The predicted molar refractivity (Wildman–Crippen MR) is 156 cm³/mol. The standard InChI is InChI=1S/C30H38ClN7O2/c1-19-6-8-21(9-7-19)18-38-27-25(13-24(14-32)34-26(27)22-12-23(31)16-33-15-22)35-28(38)37-11-10-36(17-20(37)2)29(39)40-30(3,4)5/h12-13,15-16,19-21H,6-11,17-18H2,1-5H3/t19-,20-,21-/m1/s1. The zero-order valence-electron chi connectivity index (χ0n) is 24.0. The molecule has 10 heteroatoms. The highest BCUT2D eigenvalue weighted by atomic mass is 35.5. The first-order valence-electron chi connectivity index (χ1n) is 14.2. The van der Waals surface area contributed by atoms with Crippen molar-refractivity contribution in [1.29, 1.82) is 5.26 Å². The van der Waals surface area contributed by atoms with Crippen LogP contribution in [0.3, 0.4) is 0 Å². The molecule has 1 saturated carbocycles. The van der Waals surface area contributed by atoms with E-state index in [0.29, 0.717) is 42.0 Å². The van der Waals surface area contributed by atoms with E-state index in [0.717, 1.165) is 35.0 Å². The summed E-state index contributed by atoms with van der Waals surface area (Å²) in [4.78, 5) is 31.0. The molecule has 1 amide bonds. The van der Waals surface area contributed by atoms with Gasteiger partial charge in [0.1, 0.15) is 17.4 Å². The van der Waals surface area contributed by atoms with E-state index in [2.05, 4.69) is 34.4 Å². The zero-order valence-corrected chi connectivity index (χ0v) is 24.8. The number of aromatic nitrogens is 4. The van der Waals surface area contributed by atoms with Gasteiger partial charge in [-0.05, 0) is 58.4 Å². The first kappa shape index (κ1) is 28.2. The van der Waals surface area contributed by atoms with E-state index in [1.165, 1.54) is 25.7 Å². The van der Waals surface area contributed by atoms with Gasteiger partial charge in [0.2, 0.25) is 5.95 Å². The number of imidazole rings is 1. The number of amides is 1. The number of pyridine rings is 2. The molecule has 0 N–H and O–H groups in total. The summed E-state index contributed by atoms with van der Waals surface area (Å²) >= 11 is 6.33. The number of rotatable bonds is 4. The van der Waals surface area contributed by atoms with E-state index in [1.54, 1.807) is 23.4 Å². The van der Waals surface area contributed by atoms with Crippen LogP contribution < -0.4 is 4.90 Å². The summed E-state index contributed by atoms with van der Waals surface area (Å²) in [6.45, 7) is 12.6. The average Bonchev–Trinajstić information content (AvgIpc) is 3.26. The number of piperazine rings is 1. The van der Waals surface area contributed by atoms with Crippen LogP contribution in [0.15, 0.2) is 24.5 Å². The summed E-state index contributed by atoms with van der Waals surface area (Å²) in [5.41, 5.74) is 2.78. The zero-order chi connectivity index (χ0) is 28.6. The maximum absolute atomic E-state index is 12.8. The monoisotopic (exact) mass is 563 g/mol. The van der Waals surface area contributed by atoms with Crippen LogP contribution in [-0.4, -0.2) is 61.8 Å². The molecule has 2 fully saturated rings. The number of hydrogen-bond donors (Lipinski definition) is 0. The number of anilines is 1. The van der Waals surface area contributed by atoms with Gasteiger partial charge in [-0.2, -0.15) is 5.26 Å². The van der Waals surface area contributed by atoms with E-state index in [1.807, 2.05) is 26.8 Å². The Hall–Kier alpha value is -3.38. The largest absolute Gasteiger partial charge is 0.444 e. The summed E-state index contributed by atoms with van der Waals surface area (Å²) in [6.07, 6.45) is 7.81. The van der Waals surface area contributed by atoms with Gasteiger partial charge in [-0.3, -0.25) is 4.98 Å². The van der Waals surface area contributed by atoms with E-state index in [4.69, 9.17) is 26.3 Å². The minimum atomic E-state index is -0.542. The van der Waals surface area contributed by atoms with Gasteiger partial charge in [-0.15, -0.1) is 0 Å². The minimum absolute atomic E-state index is 0.0166. The molecule has 1 aliphatic carbocycles. The van der Waals surface area contributed by atoms with E-state index in [9.17, 15) is 10.1 Å². The number of hydrogen-bond acceptors (Lipinski definition) is 7. The van der Waals surface area contributed by atoms with Crippen LogP contribution in [0.5, 0.6) is 0 Å². The Bertz CT molecular complexity index is 1430. The van der Waals surface area contributed by atoms with Crippen molar-refractivity contribution in [3.63, 3.8) is 0 Å². The molecule has 0 unspecified atom stereocenters. The van der Waals surface area contributed by atoms with Gasteiger partial charge in [0.25, 0.3) is 0 Å². The van der Waals surface area contributed by atoms with Gasteiger partial charge >= 0.3 is 6.09 Å². The van der Waals surface area contributed by atoms with Gasteiger partial charge in [-0.25, -0.2) is 14.8 Å². The second-order valence-electron chi connectivity index (χ2n) is 12.3. The average molecular weight is 564 g/mol. The molecule has 3 aromatic rings. The highest BCUT2D eigenvalue weighted by molar-refractivity contribution is 6.30. The number of halogens is 1. The maximum atomic E-state index is 12.8. The Balaban J connectivity index is 1.57. The molecule has 4 heterocycles. The van der Waals surface area contributed by atoms with E-state index >= 15 is 0 Å². The molecule has 0 bridgehead atoms. The number of carbonyl (C=O) groups excluding carboxylic acids is 1. The van der Waals surface area contributed by atoms with Crippen LogP contribution in [-0.2, 0) is 11.3 Å². The molecule has 2 aliphatic rings. The molecule has 0 aromatic carbocycles. The van der Waals surface area contributed by atoms with E-state index in [-0.39, 0.29) is 12.1 Å². The summed E-state index contributed by atoms with van der Waals surface area (Å²) in [6, 6.07) is 5.81. The quantitative estimate of drug-likeness (QED) is 0.367. The van der Waals surface area contributed by atoms with Crippen molar-refractivity contribution < 1.29 is 9.53 Å². The summed E-state index contributed by atoms with van der Waals surface area (Å²) in [5.74, 6) is 2.12. The summed E-state index contributed by atoms with van der Waals surface area (Å²) in [5, 5.41) is 10.3. The Morgan fingerprint density at radius 1 is 1.12 bits per heavy atom. The molecule has 40 heavy (non-hydrogen) atoms. The van der Waals surface area contributed by atoms with Crippen molar-refractivity contribution in [2.75, 3.05) is 24.5 Å². The van der Waals surface area contributed by atoms with Gasteiger partial charge in [0.05, 0.1) is 21.7 Å². The molecule has 1 saturated heterocycles. The Morgan fingerprint density at radius 3 is 2.52 bits per heavy atom. The third-order valence-electron chi connectivity index (χ3n) is 7.91. The molecular formula is C30H38ClN7O2. The fourth-order valence-corrected chi connectivity index (χ4v) is 6.03. The van der Waals surface area contributed by atoms with Crippen molar-refractivity contribution in [2.24, 2.45) is 11.8 Å². The van der Waals surface area contributed by atoms with Gasteiger partial charge in [-0.1, -0.05) is 31.4 Å². The first-order chi connectivity index (χ1) is 19.0. The van der Waals surface area contributed by atoms with Crippen molar-refractivity contribution in [3.05, 3.63) is 35.2 Å².